The van der Waals surface area contributed by atoms with Crippen LogP contribution in [0.1, 0.15) is 50.2 Å². The first kappa shape index (κ1) is 18.9. The molecular formula is C22H23FN2O2. The summed E-state index contributed by atoms with van der Waals surface area (Å²) in [6.45, 7) is 2.57. The standard InChI is InChI=1S/C22H23FN2O2/c1-2-13-27-17-9-10-20(16(14-17)15-24)25-21(26)22(11-5-6-12-22)18-7-3-4-8-19(18)23/h3-4,7-10,14H,2,5-6,11-13H2,1H3,(H,25,26). The zero-order chi connectivity index (χ0) is 19.3. The van der Waals surface area contributed by atoms with Crippen LogP contribution in [0.25, 0.3) is 0 Å². The van der Waals surface area contributed by atoms with Gasteiger partial charge in [-0.15, -0.1) is 0 Å². The van der Waals surface area contributed by atoms with Gasteiger partial charge in [0.25, 0.3) is 0 Å². The molecule has 3 rings (SSSR count). The second kappa shape index (κ2) is 8.22. The van der Waals surface area contributed by atoms with Crippen LogP contribution in [0.5, 0.6) is 5.75 Å². The monoisotopic (exact) mass is 366 g/mol. The number of halogens is 1. The van der Waals surface area contributed by atoms with Crippen molar-refractivity contribution in [1.29, 1.82) is 5.26 Å². The highest BCUT2D eigenvalue weighted by molar-refractivity contribution is 6.00. The van der Waals surface area contributed by atoms with Crippen LogP contribution in [0.2, 0.25) is 0 Å². The number of rotatable bonds is 6. The van der Waals surface area contributed by atoms with Gasteiger partial charge in [0.1, 0.15) is 17.6 Å². The van der Waals surface area contributed by atoms with Crippen molar-refractivity contribution < 1.29 is 13.9 Å². The minimum Gasteiger partial charge on any atom is -0.494 e. The van der Waals surface area contributed by atoms with Crippen LogP contribution in [-0.2, 0) is 10.2 Å². The minimum absolute atomic E-state index is 0.260. The predicted molar refractivity (Wildman–Crippen MR) is 102 cm³/mol. The summed E-state index contributed by atoms with van der Waals surface area (Å²) >= 11 is 0. The number of nitrogens with one attached hydrogen (secondary N) is 1. The van der Waals surface area contributed by atoms with E-state index in [2.05, 4.69) is 11.4 Å². The molecule has 2 aromatic rings. The molecule has 0 saturated heterocycles. The van der Waals surface area contributed by atoms with Gasteiger partial charge in [0, 0.05) is 5.56 Å². The van der Waals surface area contributed by atoms with Crippen LogP contribution >= 0.6 is 0 Å². The van der Waals surface area contributed by atoms with Crippen LogP contribution < -0.4 is 10.1 Å². The smallest absolute Gasteiger partial charge is 0.235 e. The third-order valence-corrected chi connectivity index (χ3v) is 5.11. The van der Waals surface area contributed by atoms with Crippen molar-refractivity contribution in [2.75, 3.05) is 11.9 Å². The maximum absolute atomic E-state index is 14.5. The van der Waals surface area contributed by atoms with E-state index >= 15 is 0 Å². The zero-order valence-electron chi connectivity index (χ0n) is 15.4. The van der Waals surface area contributed by atoms with Gasteiger partial charge in [-0.1, -0.05) is 38.0 Å². The Morgan fingerprint density at radius 2 is 2.00 bits per heavy atom. The van der Waals surface area contributed by atoms with E-state index in [1.54, 1.807) is 36.4 Å². The molecule has 0 spiro atoms. The van der Waals surface area contributed by atoms with Crippen molar-refractivity contribution in [3.63, 3.8) is 0 Å². The molecule has 0 atom stereocenters. The van der Waals surface area contributed by atoms with E-state index in [4.69, 9.17) is 4.74 Å². The van der Waals surface area contributed by atoms with Crippen LogP contribution in [0.15, 0.2) is 42.5 Å². The fraction of sp³-hybridized carbons (Fsp3) is 0.364. The first-order valence-corrected chi connectivity index (χ1v) is 9.34. The van der Waals surface area contributed by atoms with E-state index in [0.717, 1.165) is 19.3 Å². The Bertz CT molecular complexity index is 867. The molecule has 0 radical (unpaired) electrons. The lowest BCUT2D eigenvalue weighted by molar-refractivity contribution is -0.121. The van der Waals surface area contributed by atoms with Crippen LogP contribution in [-0.4, -0.2) is 12.5 Å². The number of nitriles is 1. The van der Waals surface area contributed by atoms with Crippen molar-refractivity contribution in [3.05, 3.63) is 59.4 Å². The van der Waals surface area contributed by atoms with E-state index in [-0.39, 0.29) is 11.7 Å². The van der Waals surface area contributed by atoms with E-state index < -0.39 is 5.41 Å². The number of hydrogen-bond donors (Lipinski definition) is 1. The molecular weight excluding hydrogens is 343 g/mol. The van der Waals surface area contributed by atoms with Gasteiger partial charge in [0.15, 0.2) is 0 Å². The number of ether oxygens (including phenoxy) is 1. The molecule has 27 heavy (non-hydrogen) atoms. The maximum Gasteiger partial charge on any atom is 0.235 e. The number of carbonyl (C=O) groups excluding carboxylic acids is 1. The van der Waals surface area contributed by atoms with Crippen molar-refractivity contribution >= 4 is 11.6 Å². The first-order valence-electron chi connectivity index (χ1n) is 9.34. The quantitative estimate of drug-likeness (QED) is 0.788. The molecule has 140 valence electrons. The van der Waals surface area contributed by atoms with Gasteiger partial charge < -0.3 is 10.1 Å². The summed E-state index contributed by atoms with van der Waals surface area (Å²) in [5.74, 6) is -0.0294. The Morgan fingerprint density at radius 3 is 2.67 bits per heavy atom. The van der Waals surface area contributed by atoms with Crippen molar-refractivity contribution in [1.82, 2.24) is 0 Å². The molecule has 1 saturated carbocycles. The molecule has 0 aliphatic heterocycles. The van der Waals surface area contributed by atoms with Crippen LogP contribution in [0.3, 0.4) is 0 Å². The SMILES string of the molecule is CCCOc1ccc(NC(=O)C2(c3ccccc3F)CCCC2)c(C#N)c1. The van der Waals surface area contributed by atoms with Crippen LogP contribution in [0.4, 0.5) is 10.1 Å². The fourth-order valence-corrected chi connectivity index (χ4v) is 3.72. The molecule has 0 heterocycles. The fourth-order valence-electron chi connectivity index (χ4n) is 3.72. The van der Waals surface area contributed by atoms with Crippen molar-refractivity contribution in [2.24, 2.45) is 0 Å². The summed E-state index contributed by atoms with van der Waals surface area (Å²) in [5.41, 5.74) is 0.295. The Balaban J connectivity index is 1.89. The molecule has 5 heteroatoms. The normalized spacial score (nSPS) is 15.1. The lowest BCUT2D eigenvalue weighted by Gasteiger charge is -2.29. The second-order valence-corrected chi connectivity index (χ2v) is 6.89. The van der Waals surface area contributed by atoms with Gasteiger partial charge >= 0.3 is 0 Å². The highest BCUT2D eigenvalue weighted by Crippen LogP contribution is 2.43. The molecule has 1 N–H and O–H groups in total. The average molecular weight is 366 g/mol. The lowest BCUT2D eigenvalue weighted by atomic mass is 9.77. The summed E-state index contributed by atoms with van der Waals surface area (Å²) in [7, 11) is 0. The molecule has 1 aliphatic rings. The zero-order valence-corrected chi connectivity index (χ0v) is 15.4. The summed E-state index contributed by atoms with van der Waals surface area (Å²) in [5, 5.41) is 12.3. The largest absolute Gasteiger partial charge is 0.494 e. The van der Waals surface area contributed by atoms with E-state index in [1.807, 2.05) is 6.92 Å². The molecule has 2 aromatic carbocycles. The van der Waals surface area contributed by atoms with E-state index in [9.17, 15) is 14.4 Å². The molecule has 0 unspecified atom stereocenters. The second-order valence-electron chi connectivity index (χ2n) is 6.89. The first-order chi connectivity index (χ1) is 13.1. The Labute approximate surface area is 159 Å². The lowest BCUT2D eigenvalue weighted by Crippen LogP contribution is -2.38. The summed E-state index contributed by atoms with van der Waals surface area (Å²) < 4.78 is 20.0. The van der Waals surface area contributed by atoms with Crippen molar-refractivity contribution in [3.8, 4) is 11.8 Å². The van der Waals surface area contributed by atoms with E-state index in [1.165, 1.54) is 6.07 Å². The third-order valence-electron chi connectivity index (χ3n) is 5.11. The summed E-state index contributed by atoms with van der Waals surface area (Å²) in [4.78, 5) is 13.2. The molecule has 1 fully saturated rings. The van der Waals surface area contributed by atoms with Gasteiger partial charge in [-0.05, 0) is 43.5 Å². The Morgan fingerprint density at radius 1 is 1.26 bits per heavy atom. The predicted octanol–water partition coefficient (Wildman–Crippen LogP) is 4.94. The maximum atomic E-state index is 14.5. The third kappa shape index (κ3) is 3.80. The van der Waals surface area contributed by atoms with Gasteiger partial charge in [-0.3, -0.25) is 4.79 Å². The molecule has 1 amide bonds. The van der Waals surface area contributed by atoms with E-state index in [0.29, 0.717) is 42.0 Å². The molecule has 1 aliphatic carbocycles. The Hall–Kier alpha value is -2.87. The van der Waals surface area contributed by atoms with Crippen LogP contribution in [0, 0.1) is 17.1 Å². The number of carbonyl (C=O) groups is 1. The summed E-state index contributed by atoms with van der Waals surface area (Å²) in [6.07, 6.45) is 3.80. The Kier molecular flexibility index (Phi) is 5.75. The van der Waals surface area contributed by atoms with Gasteiger partial charge in [0.2, 0.25) is 5.91 Å². The number of amides is 1. The molecule has 4 nitrogen and oxygen atoms in total. The number of hydrogen-bond acceptors (Lipinski definition) is 3. The minimum atomic E-state index is -0.893. The topological polar surface area (TPSA) is 62.1 Å². The molecule has 0 aromatic heterocycles. The molecule has 0 bridgehead atoms. The van der Waals surface area contributed by atoms with Gasteiger partial charge in [-0.25, -0.2) is 4.39 Å². The number of anilines is 1. The highest BCUT2D eigenvalue weighted by atomic mass is 19.1. The summed E-state index contributed by atoms with van der Waals surface area (Å²) in [6, 6.07) is 13.6. The average Bonchev–Trinajstić information content (AvgIpc) is 3.18. The number of benzene rings is 2. The highest BCUT2D eigenvalue weighted by Gasteiger charge is 2.44. The number of nitrogens with zero attached hydrogens (tertiary/aromatic N) is 1. The van der Waals surface area contributed by atoms with Crippen molar-refractivity contribution in [2.45, 2.75) is 44.4 Å². The van der Waals surface area contributed by atoms with Gasteiger partial charge in [-0.2, -0.15) is 5.26 Å². The van der Waals surface area contributed by atoms with Gasteiger partial charge in [0.05, 0.1) is 23.3 Å².